The summed E-state index contributed by atoms with van der Waals surface area (Å²) in [6, 6.07) is 18.3. The third-order valence-corrected chi connectivity index (χ3v) is 3.23. The fourth-order valence-corrected chi connectivity index (χ4v) is 2.21. The Morgan fingerprint density at radius 3 is 2.06 bits per heavy atom. The number of carbonyl (C=O) groups excluding carboxylic acids is 1. The summed E-state index contributed by atoms with van der Waals surface area (Å²) in [6.45, 7) is 0. The number of aliphatic hydroxyl groups is 1. The zero-order valence-corrected chi connectivity index (χ0v) is 9.93. The molecule has 2 rings (SSSR count). The minimum atomic E-state index is -1.07. The number of benzene rings is 2. The van der Waals surface area contributed by atoms with Crippen molar-refractivity contribution in [2.75, 3.05) is 0 Å². The molecule has 1 N–H and O–H groups in total. The summed E-state index contributed by atoms with van der Waals surface area (Å²) in [4.78, 5) is 12.7. The van der Waals surface area contributed by atoms with Crippen LogP contribution in [0.3, 0.4) is 0 Å². The maximum absolute atomic E-state index is 11.8. The highest BCUT2D eigenvalue weighted by molar-refractivity contribution is 8.13. The Kier molecular flexibility index (Phi) is 3.96. The largest absolute Gasteiger partial charge is 0.380 e. The van der Waals surface area contributed by atoms with Gasteiger partial charge in [0.25, 0.3) is 0 Å². The van der Waals surface area contributed by atoms with Gasteiger partial charge in [-0.2, -0.15) is 0 Å². The normalized spacial score (nSPS) is 12.1. The van der Waals surface area contributed by atoms with Gasteiger partial charge in [-0.3, -0.25) is 4.79 Å². The SMILES string of the molecule is O=C(Sc1ccccc1)[C@H](O)c1ccccc1. The summed E-state index contributed by atoms with van der Waals surface area (Å²) in [5.74, 6) is 0. The van der Waals surface area contributed by atoms with E-state index in [1.54, 1.807) is 24.3 Å². The van der Waals surface area contributed by atoms with Crippen LogP contribution in [0.15, 0.2) is 65.6 Å². The van der Waals surface area contributed by atoms with Gasteiger partial charge in [-0.15, -0.1) is 0 Å². The lowest BCUT2D eigenvalue weighted by Crippen LogP contribution is -2.07. The lowest BCUT2D eigenvalue weighted by atomic mass is 10.1. The molecule has 0 radical (unpaired) electrons. The van der Waals surface area contributed by atoms with Gasteiger partial charge in [-0.1, -0.05) is 48.5 Å². The molecule has 0 fully saturated rings. The Morgan fingerprint density at radius 2 is 1.47 bits per heavy atom. The molecule has 0 aromatic heterocycles. The molecule has 0 aliphatic rings. The molecule has 1 atom stereocenters. The quantitative estimate of drug-likeness (QED) is 0.843. The van der Waals surface area contributed by atoms with Gasteiger partial charge < -0.3 is 5.11 Å². The van der Waals surface area contributed by atoms with Crippen LogP contribution in [-0.2, 0) is 4.79 Å². The molecule has 0 saturated heterocycles. The summed E-state index contributed by atoms with van der Waals surface area (Å²) >= 11 is 1.06. The second-order valence-electron chi connectivity index (χ2n) is 3.55. The molecule has 0 unspecified atom stereocenters. The first-order chi connectivity index (χ1) is 8.27. The zero-order valence-electron chi connectivity index (χ0n) is 9.11. The van der Waals surface area contributed by atoms with E-state index in [-0.39, 0.29) is 5.12 Å². The molecule has 3 heteroatoms. The Balaban J connectivity index is 2.06. The van der Waals surface area contributed by atoms with Crippen molar-refractivity contribution in [2.45, 2.75) is 11.0 Å². The molecule has 2 aromatic rings. The minimum Gasteiger partial charge on any atom is -0.380 e. The first kappa shape index (κ1) is 11.9. The van der Waals surface area contributed by atoms with E-state index in [1.165, 1.54) is 0 Å². The average Bonchev–Trinajstić information content (AvgIpc) is 2.40. The van der Waals surface area contributed by atoms with Gasteiger partial charge >= 0.3 is 0 Å². The molecule has 17 heavy (non-hydrogen) atoms. The molecular weight excluding hydrogens is 232 g/mol. The average molecular weight is 244 g/mol. The Labute approximate surface area is 104 Å². The molecular formula is C14H12O2S. The van der Waals surface area contributed by atoms with Crippen LogP contribution in [0.2, 0.25) is 0 Å². The van der Waals surface area contributed by atoms with Gasteiger partial charge in [0.05, 0.1) is 0 Å². The maximum atomic E-state index is 11.8. The van der Waals surface area contributed by atoms with Crippen LogP contribution in [0.1, 0.15) is 11.7 Å². The van der Waals surface area contributed by atoms with Crippen molar-refractivity contribution in [3.8, 4) is 0 Å². The fourth-order valence-electron chi connectivity index (χ4n) is 1.43. The highest BCUT2D eigenvalue weighted by Gasteiger charge is 2.17. The van der Waals surface area contributed by atoms with E-state index in [1.807, 2.05) is 36.4 Å². The molecule has 0 saturated carbocycles. The van der Waals surface area contributed by atoms with Crippen molar-refractivity contribution in [1.29, 1.82) is 0 Å². The number of hydrogen-bond donors (Lipinski definition) is 1. The number of carbonyl (C=O) groups is 1. The number of hydrogen-bond acceptors (Lipinski definition) is 3. The Morgan fingerprint density at radius 1 is 0.941 bits per heavy atom. The molecule has 2 aromatic carbocycles. The van der Waals surface area contributed by atoms with E-state index in [0.717, 1.165) is 16.7 Å². The second-order valence-corrected chi connectivity index (χ2v) is 4.63. The van der Waals surface area contributed by atoms with Crippen molar-refractivity contribution in [3.63, 3.8) is 0 Å². The Hall–Kier alpha value is -1.58. The molecule has 2 nitrogen and oxygen atoms in total. The smallest absolute Gasteiger partial charge is 0.226 e. The molecule has 86 valence electrons. The predicted octanol–water partition coefficient (Wildman–Crippen LogP) is 3.04. The Bertz CT molecular complexity index is 482. The topological polar surface area (TPSA) is 37.3 Å². The third-order valence-electron chi connectivity index (χ3n) is 2.30. The van der Waals surface area contributed by atoms with Gasteiger partial charge in [0.2, 0.25) is 5.12 Å². The standard InChI is InChI=1S/C14H12O2S/c15-13(11-7-3-1-4-8-11)14(16)17-12-9-5-2-6-10-12/h1-10,13,15H/t13-/m1/s1. The summed E-state index contributed by atoms with van der Waals surface area (Å²) < 4.78 is 0. The second kappa shape index (κ2) is 5.66. The molecule has 0 bridgehead atoms. The highest BCUT2D eigenvalue weighted by Crippen LogP contribution is 2.25. The molecule has 0 aliphatic carbocycles. The van der Waals surface area contributed by atoms with Gasteiger partial charge in [0.15, 0.2) is 0 Å². The minimum absolute atomic E-state index is 0.262. The number of thioether (sulfide) groups is 1. The van der Waals surface area contributed by atoms with Crippen LogP contribution in [0.4, 0.5) is 0 Å². The summed E-state index contributed by atoms with van der Waals surface area (Å²) in [5.41, 5.74) is 0.626. The van der Waals surface area contributed by atoms with E-state index in [2.05, 4.69) is 0 Å². The number of aliphatic hydroxyl groups excluding tert-OH is 1. The van der Waals surface area contributed by atoms with E-state index in [9.17, 15) is 9.90 Å². The van der Waals surface area contributed by atoms with E-state index >= 15 is 0 Å². The van der Waals surface area contributed by atoms with Crippen LogP contribution in [-0.4, -0.2) is 10.2 Å². The molecule has 0 amide bonds. The van der Waals surface area contributed by atoms with Crippen LogP contribution < -0.4 is 0 Å². The van der Waals surface area contributed by atoms with Crippen LogP contribution in [0, 0.1) is 0 Å². The van der Waals surface area contributed by atoms with Crippen molar-refractivity contribution in [2.24, 2.45) is 0 Å². The van der Waals surface area contributed by atoms with Crippen LogP contribution in [0.25, 0.3) is 0 Å². The van der Waals surface area contributed by atoms with Crippen LogP contribution >= 0.6 is 11.8 Å². The number of rotatable bonds is 3. The maximum Gasteiger partial charge on any atom is 0.226 e. The lowest BCUT2D eigenvalue weighted by Gasteiger charge is -2.08. The molecule has 0 spiro atoms. The van der Waals surface area contributed by atoms with Gasteiger partial charge in [-0.25, -0.2) is 0 Å². The van der Waals surface area contributed by atoms with Crippen molar-refractivity contribution < 1.29 is 9.90 Å². The zero-order chi connectivity index (χ0) is 12.1. The first-order valence-electron chi connectivity index (χ1n) is 5.27. The summed E-state index contributed by atoms with van der Waals surface area (Å²) in [5, 5.41) is 9.62. The lowest BCUT2D eigenvalue weighted by molar-refractivity contribution is -0.118. The molecule has 0 heterocycles. The van der Waals surface area contributed by atoms with Gasteiger partial charge in [0, 0.05) is 4.90 Å². The van der Waals surface area contributed by atoms with Gasteiger partial charge in [-0.05, 0) is 29.5 Å². The third kappa shape index (κ3) is 3.19. The van der Waals surface area contributed by atoms with Crippen molar-refractivity contribution in [3.05, 3.63) is 66.2 Å². The van der Waals surface area contributed by atoms with Crippen LogP contribution in [0.5, 0.6) is 0 Å². The van der Waals surface area contributed by atoms with Gasteiger partial charge in [0.1, 0.15) is 6.10 Å². The highest BCUT2D eigenvalue weighted by atomic mass is 32.2. The van der Waals surface area contributed by atoms with Crippen molar-refractivity contribution in [1.82, 2.24) is 0 Å². The predicted molar refractivity (Wildman–Crippen MR) is 68.7 cm³/mol. The van der Waals surface area contributed by atoms with E-state index in [0.29, 0.717) is 5.56 Å². The molecule has 0 aliphatic heterocycles. The van der Waals surface area contributed by atoms with E-state index in [4.69, 9.17) is 0 Å². The monoisotopic (exact) mass is 244 g/mol. The first-order valence-corrected chi connectivity index (χ1v) is 6.09. The van der Waals surface area contributed by atoms with Crippen molar-refractivity contribution >= 4 is 16.9 Å². The summed E-state index contributed by atoms with van der Waals surface area (Å²) in [7, 11) is 0. The summed E-state index contributed by atoms with van der Waals surface area (Å²) in [6.07, 6.45) is -1.07. The fraction of sp³-hybridized carbons (Fsp3) is 0.0714. The van der Waals surface area contributed by atoms with E-state index < -0.39 is 6.10 Å².